The topological polar surface area (TPSA) is 81.0 Å². The van der Waals surface area contributed by atoms with Gasteiger partial charge in [0.1, 0.15) is 17.5 Å². The fraction of sp³-hybridized carbons (Fsp3) is 0.333. The van der Waals surface area contributed by atoms with Gasteiger partial charge in [-0.2, -0.15) is 0 Å². The van der Waals surface area contributed by atoms with Crippen molar-refractivity contribution in [1.82, 2.24) is 5.32 Å². The van der Waals surface area contributed by atoms with E-state index in [2.05, 4.69) is 5.32 Å². The molecular formula is C27H30N2O5. The van der Waals surface area contributed by atoms with Gasteiger partial charge >= 0.3 is 0 Å². The number of nitrogens with one attached hydrogen (secondary N) is 1. The van der Waals surface area contributed by atoms with E-state index in [9.17, 15) is 9.59 Å². The quantitative estimate of drug-likeness (QED) is 0.477. The second kappa shape index (κ2) is 10.9. The number of furan rings is 1. The van der Waals surface area contributed by atoms with Crippen molar-refractivity contribution >= 4 is 17.5 Å². The van der Waals surface area contributed by atoms with E-state index in [-0.39, 0.29) is 17.7 Å². The number of hydrogen-bond donors (Lipinski definition) is 1. The van der Waals surface area contributed by atoms with Crippen LogP contribution in [0.1, 0.15) is 54.8 Å². The summed E-state index contributed by atoms with van der Waals surface area (Å²) in [6, 6.07) is 16.8. The average molecular weight is 463 g/mol. The third-order valence-corrected chi connectivity index (χ3v) is 6.02. The molecule has 1 saturated carbocycles. The van der Waals surface area contributed by atoms with Crippen LogP contribution in [0.4, 0.5) is 5.69 Å². The van der Waals surface area contributed by atoms with E-state index in [1.54, 1.807) is 55.6 Å². The van der Waals surface area contributed by atoms with E-state index in [0.29, 0.717) is 29.4 Å². The Labute approximate surface area is 199 Å². The Morgan fingerprint density at radius 2 is 1.71 bits per heavy atom. The molecule has 34 heavy (non-hydrogen) atoms. The molecule has 1 fully saturated rings. The van der Waals surface area contributed by atoms with Gasteiger partial charge in [-0.25, -0.2) is 0 Å². The van der Waals surface area contributed by atoms with Crippen LogP contribution >= 0.6 is 0 Å². The molecule has 0 spiro atoms. The number of rotatable bonds is 9. The average Bonchev–Trinajstić information content (AvgIpc) is 3.58. The van der Waals surface area contributed by atoms with Gasteiger partial charge in [-0.1, -0.05) is 25.0 Å². The van der Waals surface area contributed by atoms with Gasteiger partial charge in [0.25, 0.3) is 5.91 Å². The van der Waals surface area contributed by atoms with Crippen molar-refractivity contribution < 1.29 is 23.5 Å². The third kappa shape index (κ3) is 5.25. The monoisotopic (exact) mass is 462 g/mol. The SMILES string of the molecule is CCOc1ccc(N(C(=O)c2ccco2)C(C(=O)NC2CCCC2)c2ccc(OC)cc2)cc1. The first-order valence-corrected chi connectivity index (χ1v) is 11.6. The van der Waals surface area contributed by atoms with Gasteiger partial charge in [0, 0.05) is 11.7 Å². The third-order valence-electron chi connectivity index (χ3n) is 6.02. The minimum atomic E-state index is -0.901. The molecule has 4 rings (SSSR count). The summed E-state index contributed by atoms with van der Waals surface area (Å²) in [7, 11) is 1.59. The Hall–Kier alpha value is -3.74. The molecule has 1 heterocycles. The summed E-state index contributed by atoms with van der Waals surface area (Å²) in [5.74, 6) is 0.875. The standard InChI is InChI=1S/C27H30N2O5/c1-3-33-23-16-12-21(13-17-23)29(27(31)24-9-6-18-34-24)25(19-10-14-22(32-2)15-11-19)26(30)28-20-7-4-5-8-20/h6,9-18,20,25H,3-5,7-8H2,1-2H3,(H,28,30). The molecule has 7 nitrogen and oxygen atoms in total. The zero-order chi connectivity index (χ0) is 23.9. The number of carbonyl (C=O) groups is 2. The lowest BCUT2D eigenvalue weighted by atomic mass is 10.0. The van der Waals surface area contributed by atoms with Crippen molar-refractivity contribution in [3.8, 4) is 11.5 Å². The molecule has 3 aromatic rings. The lowest BCUT2D eigenvalue weighted by Gasteiger charge is -2.32. The Morgan fingerprint density at radius 3 is 2.29 bits per heavy atom. The largest absolute Gasteiger partial charge is 0.497 e. The van der Waals surface area contributed by atoms with Crippen LogP contribution in [-0.4, -0.2) is 31.6 Å². The minimum absolute atomic E-state index is 0.106. The van der Waals surface area contributed by atoms with E-state index in [1.807, 2.05) is 19.1 Å². The number of hydrogen-bond acceptors (Lipinski definition) is 5. The lowest BCUT2D eigenvalue weighted by Crippen LogP contribution is -2.46. The van der Waals surface area contributed by atoms with Crippen LogP contribution in [0.25, 0.3) is 0 Å². The number of methoxy groups -OCH3 is 1. The van der Waals surface area contributed by atoms with Gasteiger partial charge in [-0.15, -0.1) is 0 Å². The number of benzene rings is 2. The molecule has 1 unspecified atom stereocenters. The predicted molar refractivity (Wildman–Crippen MR) is 129 cm³/mol. The molecule has 178 valence electrons. The Kier molecular flexibility index (Phi) is 7.52. The van der Waals surface area contributed by atoms with Crippen molar-refractivity contribution in [2.75, 3.05) is 18.6 Å². The lowest BCUT2D eigenvalue weighted by molar-refractivity contribution is -0.123. The normalized spacial score (nSPS) is 14.4. The number of nitrogens with zero attached hydrogens (tertiary/aromatic N) is 1. The molecule has 7 heteroatoms. The van der Waals surface area contributed by atoms with Gasteiger partial charge in [0.15, 0.2) is 5.76 Å². The number of amides is 2. The van der Waals surface area contributed by atoms with Crippen LogP contribution in [0.2, 0.25) is 0 Å². The van der Waals surface area contributed by atoms with E-state index < -0.39 is 11.9 Å². The molecule has 1 aliphatic rings. The van der Waals surface area contributed by atoms with Gasteiger partial charge in [0.05, 0.1) is 20.0 Å². The van der Waals surface area contributed by atoms with E-state index in [0.717, 1.165) is 25.7 Å². The molecule has 1 atom stereocenters. The number of ether oxygens (including phenoxy) is 2. The van der Waals surface area contributed by atoms with E-state index >= 15 is 0 Å². The van der Waals surface area contributed by atoms with Crippen molar-refractivity contribution in [1.29, 1.82) is 0 Å². The first-order valence-electron chi connectivity index (χ1n) is 11.6. The van der Waals surface area contributed by atoms with Gasteiger partial charge in [-0.3, -0.25) is 14.5 Å². The highest BCUT2D eigenvalue weighted by atomic mass is 16.5. The van der Waals surface area contributed by atoms with Crippen LogP contribution in [0, 0.1) is 0 Å². The molecule has 2 aromatic carbocycles. The second-order valence-electron chi connectivity index (χ2n) is 8.25. The highest BCUT2D eigenvalue weighted by Gasteiger charge is 2.35. The smallest absolute Gasteiger partial charge is 0.294 e. The zero-order valence-corrected chi connectivity index (χ0v) is 19.5. The molecular weight excluding hydrogens is 432 g/mol. The Balaban J connectivity index is 1.78. The maximum Gasteiger partial charge on any atom is 0.294 e. The predicted octanol–water partition coefficient (Wildman–Crippen LogP) is 5.13. The summed E-state index contributed by atoms with van der Waals surface area (Å²) >= 11 is 0. The van der Waals surface area contributed by atoms with Gasteiger partial charge in [-0.05, 0) is 73.9 Å². The highest BCUT2D eigenvalue weighted by Crippen LogP contribution is 2.32. The van der Waals surface area contributed by atoms with Crippen LogP contribution < -0.4 is 19.7 Å². The Morgan fingerprint density at radius 1 is 1.03 bits per heavy atom. The first kappa shape index (κ1) is 23.4. The molecule has 0 saturated heterocycles. The van der Waals surface area contributed by atoms with Crippen LogP contribution in [0.5, 0.6) is 11.5 Å². The second-order valence-corrected chi connectivity index (χ2v) is 8.25. The van der Waals surface area contributed by atoms with Crippen molar-refractivity contribution in [2.24, 2.45) is 0 Å². The minimum Gasteiger partial charge on any atom is -0.497 e. The van der Waals surface area contributed by atoms with Gasteiger partial charge in [0.2, 0.25) is 5.91 Å². The van der Waals surface area contributed by atoms with E-state index in [1.165, 1.54) is 11.2 Å². The highest BCUT2D eigenvalue weighted by molar-refractivity contribution is 6.08. The summed E-state index contributed by atoms with van der Waals surface area (Å²) in [6.45, 7) is 2.44. The molecule has 2 amide bonds. The summed E-state index contributed by atoms with van der Waals surface area (Å²) in [6.07, 6.45) is 5.51. The fourth-order valence-corrected chi connectivity index (χ4v) is 4.33. The van der Waals surface area contributed by atoms with Gasteiger partial charge < -0.3 is 19.2 Å². The Bertz CT molecular complexity index is 1070. The molecule has 1 aliphatic carbocycles. The summed E-state index contributed by atoms with van der Waals surface area (Å²) in [5.41, 5.74) is 1.23. The maximum atomic E-state index is 13.7. The summed E-state index contributed by atoms with van der Waals surface area (Å²) in [5, 5.41) is 3.17. The van der Waals surface area contributed by atoms with Crippen molar-refractivity contribution in [3.63, 3.8) is 0 Å². The summed E-state index contributed by atoms with van der Waals surface area (Å²) in [4.78, 5) is 28.9. The first-order chi connectivity index (χ1) is 16.6. The molecule has 0 bridgehead atoms. The molecule has 0 aliphatic heterocycles. The van der Waals surface area contributed by atoms with Crippen molar-refractivity contribution in [3.05, 3.63) is 78.3 Å². The summed E-state index contributed by atoms with van der Waals surface area (Å²) < 4.78 is 16.3. The van der Waals surface area contributed by atoms with E-state index in [4.69, 9.17) is 13.9 Å². The van der Waals surface area contributed by atoms with Crippen LogP contribution in [-0.2, 0) is 4.79 Å². The molecule has 1 N–H and O–H groups in total. The van der Waals surface area contributed by atoms with Crippen molar-refractivity contribution in [2.45, 2.75) is 44.7 Å². The maximum absolute atomic E-state index is 13.7. The fourth-order valence-electron chi connectivity index (χ4n) is 4.33. The number of anilines is 1. The zero-order valence-electron chi connectivity index (χ0n) is 19.5. The molecule has 0 radical (unpaired) electrons. The van der Waals surface area contributed by atoms with Crippen LogP contribution in [0.15, 0.2) is 71.3 Å². The molecule has 1 aromatic heterocycles. The number of carbonyl (C=O) groups excluding carboxylic acids is 2. The van der Waals surface area contributed by atoms with Crippen LogP contribution in [0.3, 0.4) is 0 Å².